The second-order valence-electron chi connectivity index (χ2n) is 4.66. The lowest BCUT2D eigenvalue weighted by atomic mass is 10.2. The SMILES string of the molecule is CN(C)CCN(C)C(=S)NC1CCCC1. The first-order valence-electron chi connectivity index (χ1n) is 5.76. The molecule has 1 N–H and O–H groups in total. The Balaban J connectivity index is 2.20. The fraction of sp³-hybridized carbons (Fsp3) is 0.909. The standard InChI is InChI=1S/C11H23N3S/c1-13(2)8-9-14(3)11(15)12-10-6-4-5-7-10/h10H,4-9H2,1-3H3,(H,12,15). The van der Waals surface area contributed by atoms with Crippen LogP contribution in [0, 0.1) is 0 Å². The highest BCUT2D eigenvalue weighted by molar-refractivity contribution is 7.80. The lowest BCUT2D eigenvalue weighted by Crippen LogP contribution is -2.43. The fourth-order valence-electron chi connectivity index (χ4n) is 1.81. The van der Waals surface area contributed by atoms with Crippen LogP contribution >= 0.6 is 12.2 Å². The second-order valence-corrected chi connectivity index (χ2v) is 5.04. The van der Waals surface area contributed by atoms with Gasteiger partial charge in [0.2, 0.25) is 0 Å². The minimum Gasteiger partial charge on any atom is -0.360 e. The van der Waals surface area contributed by atoms with Crippen molar-refractivity contribution in [2.24, 2.45) is 0 Å². The summed E-state index contributed by atoms with van der Waals surface area (Å²) in [5, 5.41) is 4.35. The molecule has 88 valence electrons. The number of nitrogens with one attached hydrogen (secondary N) is 1. The van der Waals surface area contributed by atoms with Crippen molar-refractivity contribution in [1.29, 1.82) is 0 Å². The monoisotopic (exact) mass is 229 g/mol. The summed E-state index contributed by atoms with van der Waals surface area (Å²) >= 11 is 5.36. The molecule has 0 heterocycles. The van der Waals surface area contributed by atoms with E-state index in [9.17, 15) is 0 Å². The van der Waals surface area contributed by atoms with E-state index in [0.29, 0.717) is 6.04 Å². The van der Waals surface area contributed by atoms with Gasteiger partial charge in [-0.3, -0.25) is 0 Å². The van der Waals surface area contributed by atoms with Gasteiger partial charge in [0, 0.05) is 26.2 Å². The molecule has 0 bridgehead atoms. The molecule has 0 amide bonds. The summed E-state index contributed by atoms with van der Waals surface area (Å²) in [6.07, 6.45) is 5.26. The molecular formula is C11H23N3S. The van der Waals surface area contributed by atoms with Crippen LogP contribution in [0.3, 0.4) is 0 Å². The van der Waals surface area contributed by atoms with E-state index in [0.717, 1.165) is 18.2 Å². The van der Waals surface area contributed by atoms with Crippen LogP contribution in [-0.2, 0) is 0 Å². The van der Waals surface area contributed by atoms with Gasteiger partial charge in [-0.2, -0.15) is 0 Å². The average molecular weight is 229 g/mol. The van der Waals surface area contributed by atoms with Crippen LogP contribution in [0.4, 0.5) is 0 Å². The number of thiocarbonyl (C=S) groups is 1. The van der Waals surface area contributed by atoms with Crippen molar-refractivity contribution in [2.75, 3.05) is 34.2 Å². The lowest BCUT2D eigenvalue weighted by Gasteiger charge is -2.25. The van der Waals surface area contributed by atoms with Gasteiger partial charge in [0.15, 0.2) is 5.11 Å². The van der Waals surface area contributed by atoms with E-state index < -0.39 is 0 Å². The van der Waals surface area contributed by atoms with E-state index in [2.05, 4.69) is 36.3 Å². The molecule has 4 heteroatoms. The molecule has 1 aliphatic carbocycles. The molecule has 0 spiro atoms. The molecule has 0 saturated heterocycles. The van der Waals surface area contributed by atoms with Gasteiger partial charge in [0.1, 0.15) is 0 Å². The maximum absolute atomic E-state index is 5.36. The molecule has 0 aromatic heterocycles. The Kier molecular flexibility index (Phi) is 5.32. The minimum atomic E-state index is 0.624. The van der Waals surface area contributed by atoms with Crippen LogP contribution in [0.2, 0.25) is 0 Å². The topological polar surface area (TPSA) is 18.5 Å². The molecule has 1 saturated carbocycles. The van der Waals surface area contributed by atoms with Crippen molar-refractivity contribution < 1.29 is 0 Å². The zero-order chi connectivity index (χ0) is 11.3. The Morgan fingerprint density at radius 3 is 2.33 bits per heavy atom. The van der Waals surface area contributed by atoms with Gasteiger partial charge in [0.25, 0.3) is 0 Å². The van der Waals surface area contributed by atoms with Crippen molar-refractivity contribution in [2.45, 2.75) is 31.7 Å². The summed E-state index contributed by atoms with van der Waals surface area (Å²) in [4.78, 5) is 4.31. The minimum absolute atomic E-state index is 0.624. The third-order valence-electron chi connectivity index (χ3n) is 2.91. The van der Waals surface area contributed by atoms with E-state index in [1.165, 1.54) is 25.7 Å². The summed E-state index contributed by atoms with van der Waals surface area (Å²) in [5.41, 5.74) is 0. The Morgan fingerprint density at radius 2 is 1.80 bits per heavy atom. The number of hydrogen-bond acceptors (Lipinski definition) is 2. The average Bonchev–Trinajstić information content (AvgIpc) is 2.66. The van der Waals surface area contributed by atoms with Crippen molar-refractivity contribution in [1.82, 2.24) is 15.1 Å². The largest absolute Gasteiger partial charge is 0.360 e. The van der Waals surface area contributed by atoms with Gasteiger partial charge in [-0.25, -0.2) is 0 Å². The van der Waals surface area contributed by atoms with Gasteiger partial charge in [-0.15, -0.1) is 0 Å². The van der Waals surface area contributed by atoms with Crippen LogP contribution in [0.15, 0.2) is 0 Å². The lowest BCUT2D eigenvalue weighted by molar-refractivity contribution is 0.353. The van der Waals surface area contributed by atoms with Gasteiger partial charge < -0.3 is 15.1 Å². The summed E-state index contributed by atoms with van der Waals surface area (Å²) in [5.74, 6) is 0. The molecular weight excluding hydrogens is 206 g/mol. The van der Waals surface area contributed by atoms with E-state index in [1.807, 2.05) is 0 Å². The van der Waals surface area contributed by atoms with Crippen LogP contribution < -0.4 is 5.32 Å². The predicted molar refractivity (Wildman–Crippen MR) is 69.2 cm³/mol. The summed E-state index contributed by atoms with van der Waals surface area (Å²) in [6, 6.07) is 0.624. The molecule has 0 aromatic rings. The first-order valence-corrected chi connectivity index (χ1v) is 6.17. The van der Waals surface area contributed by atoms with Gasteiger partial charge in [-0.1, -0.05) is 12.8 Å². The van der Waals surface area contributed by atoms with Gasteiger partial charge >= 0.3 is 0 Å². The molecule has 0 radical (unpaired) electrons. The molecule has 15 heavy (non-hydrogen) atoms. The first kappa shape index (κ1) is 12.7. The predicted octanol–water partition coefficient (Wildman–Crippen LogP) is 1.30. The van der Waals surface area contributed by atoms with Crippen molar-refractivity contribution in [3.8, 4) is 0 Å². The molecule has 3 nitrogen and oxygen atoms in total. The first-order chi connectivity index (χ1) is 7.09. The van der Waals surface area contributed by atoms with Crippen LogP contribution in [0.5, 0.6) is 0 Å². The molecule has 0 aromatic carbocycles. The highest BCUT2D eigenvalue weighted by Crippen LogP contribution is 2.17. The van der Waals surface area contributed by atoms with E-state index in [1.54, 1.807) is 0 Å². The third-order valence-corrected chi connectivity index (χ3v) is 3.34. The number of rotatable bonds is 4. The summed E-state index contributed by atoms with van der Waals surface area (Å²) in [6.45, 7) is 2.04. The van der Waals surface area contributed by atoms with Gasteiger partial charge in [-0.05, 0) is 39.2 Å². The van der Waals surface area contributed by atoms with Crippen LogP contribution in [0.25, 0.3) is 0 Å². The van der Waals surface area contributed by atoms with Crippen molar-refractivity contribution in [3.05, 3.63) is 0 Å². The Morgan fingerprint density at radius 1 is 1.20 bits per heavy atom. The molecule has 0 atom stereocenters. The third kappa shape index (κ3) is 4.80. The van der Waals surface area contributed by atoms with E-state index in [-0.39, 0.29) is 0 Å². The second kappa shape index (κ2) is 6.28. The molecule has 1 aliphatic rings. The summed E-state index contributed by atoms with van der Waals surface area (Å²) < 4.78 is 0. The highest BCUT2D eigenvalue weighted by Gasteiger charge is 2.16. The van der Waals surface area contributed by atoms with Gasteiger partial charge in [0.05, 0.1) is 0 Å². The maximum atomic E-state index is 5.36. The zero-order valence-electron chi connectivity index (χ0n) is 10.1. The Labute approximate surface area is 98.8 Å². The Bertz CT molecular complexity index is 200. The summed E-state index contributed by atoms with van der Waals surface area (Å²) in [7, 11) is 6.23. The van der Waals surface area contributed by atoms with Crippen LogP contribution in [0.1, 0.15) is 25.7 Å². The highest BCUT2D eigenvalue weighted by atomic mass is 32.1. The molecule has 0 unspecified atom stereocenters. The van der Waals surface area contributed by atoms with E-state index in [4.69, 9.17) is 12.2 Å². The van der Waals surface area contributed by atoms with Crippen molar-refractivity contribution in [3.63, 3.8) is 0 Å². The number of nitrogens with zero attached hydrogens (tertiary/aromatic N) is 2. The van der Waals surface area contributed by atoms with Crippen molar-refractivity contribution >= 4 is 17.3 Å². The normalized spacial score (nSPS) is 17.1. The Hall–Kier alpha value is -0.350. The molecule has 0 aliphatic heterocycles. The zero-order valence-corrected chi connectivity index (χ0v) is 10.9. The quantitative estimate of drug-likeness (QED) is 0.732. The van der Waals surface area contributed by atoms with E-state index >= 15 is 0 Å². The molecule has 1 fully saturated rings. The van der Waals surface area contributed by atoms with Crippen LogP contribution in [-0.4, -0.2) is 55.2 Å². The number of likely N-dealkylation sites (N-methyl/N-ethyl adjacent to an activating group) is 2. The smallest absolute Gasteiger partial charge is 0.168 e. The maximum Gasteiger partial charge on any atom is 0.168 e. The molecule has 1 rings (SSSR count). The fourth-order valence-corrected chi connectivity index (χ4v) is 2.06. The number of hydrogen-bond donors (Lipinski definition) is 1.